The summed E-state index contributed by atoms with van der Waals surface area (Å²) < 4.78 is 15.6. The fourth-order valence-corrected chi connectivity index (χ4v) is 4.33. The molecule has 140 valence electrons. The van der Waals surface area contributed by atoms with Crippen LogP contribution in [-0.4, -0.2) is 62.3 Å². The number of fused-ring (bicyclic) bond motifs is 4. The standard InChI is InChI=1S/C19H21FN6O/c20-14-6-3-5-13-16(14)23-19(21)26-11-15(22-17(13)26)18(27)25-9-8-24-7-2-1-4-12(24)10-25/h3,5-6,11-12H,1-2,4,7-10H2,(H2,21,23)/t12-/m1/s1. The van der Waals surface area contributed by atoms with Gasteiger partial charge in [-0.2, -0.15) is 0 Å². The average molecular weight is 368 g/mol. The molecule has 0 aliphatic carbocycles. The van der Waals surface area contributed by atoms with E-state index < -0.39 is 5.82 Å². The predicted octanol–water partition coefficient (Wildman–Crippen LogP) is 1.91. The summed E-state index contributed by atoms with van der Waals surface area (Å²) in [4.78, 5) is 26.0. The van der Waals surface area contributed by atoms with Crippen molar-refractivity contribution >= 4 is 28.4 Å². The van der Waals surface area contributed by atoms with Gasteiger partial charge in [-0.05, 0) is 31.5 Å². The number of rotatable bonds is 1. The molecule has 27 heavy (non-hydrogen) atoms. The van der Waals surface area contributed by atoms with Gasteiger partial charge in [-0.15, -0.1) is 0 Å². The lowest BCUT2D eigenvalue weighted by atomic mass is 9.99. The number of aromatic nitrogens is 3. The predicted molar refractivity (Wildman–Crippen MR) is 100.0 cm³/mol. The average Bonchev–Trinajstić information content (AvgIpc) is 3.14. The van der Waals surface area contributed by atoms with Gasteiger partial charge in [0.15, 0.2) is 0 Å². The summed E-state index contributed by atoms with van der Waals surface area (Å²) >= 11 is 0. The maximum absolute atomic E-state index is 14.1. The molecule has 2 aliphatic rings. The molecule has 2 aromatic heterocycles. The SMILES string of the molecule is Nc1nc2c(F)cccc2c2nc(C(=O)N3CCN4CCCC[C@@H]4C3)cn12. The number of para-hydroxylation sites is 1. The molecule has 0 radical (unpaired) electrons. The highest BCUT2D eigenvalue weighted by Gasteiger charge is 2.32. The van der Waals surface area contributed by atoms with E-state index >= 15 is 0 Å². The van der Waals surface area contributed by atoms with Crippen LogP contribution in [0, 0.1) is 5.82 Å². The second-order valence-electron chi connectivity index (χ2n) is 7.36. The molecule has 2 fully saturated rings. The molecule has 3 aromatic rings. The van der Waals surface area contributed by atoms with Gasteiger partial charge in [-0.1, -0.05) is 12.5 Å². The largest absolute Gasteiger partial charge is 0.369 e. The fourth-order valence-electron chi connectivity index (χ4n) is 4.33. The summed E-state index contributed by atoms with van der Waals surface area (Å²) in [7, 11) is 0. The van der Waals surface area contributed by atoms with Gasteiger partial charge >= 0.3 is 0 Å². The highest BCUT2D eigenvalue weighted by Crippen LogP contribution is 2.25. The Bertz CT molecular complexity index is 1050. The van der Waals surface area contributed by atoms with Crippen molar-refractivity contribution in [2.75, 3.05) is 31.9 Å². The molecule has 7 nitrogen and oxygen atoms in total. The normalized spacial score (nSPS) is 20.9. The molecule has 8 heteroatoms. The third-order valence-corrected chi connectivity index (χ3v) is 5.75. The molecule has 1 amide bonds. The van der Waals surface area contributed by atoms with Gasteiger partial charge in [0.05, 0.1) is 0 Å². The summed E-state index contributed by atoms with van der Waals surface area (Å²) in [6.07, 6.45) is 5.21. The van der Waals surface area contributed by atoms with Gasteiger partial charge in [0, 0.05) is 37.3 Å². The third kappa shape index (κ3) is 2.63. The van der Waals surface area contributed by atoms with Crippen LogP contribution < -0.4 is 5.73 Å². The minimum Gasteiger partial charge on any atom is -0.369 e. The van der Waals surface area contributed by atoms with Gasteiger partial charge in [-0.3, -0.25) is 14.1 Å². The molecule has 2 N–H and O–H groups in total. The first-order valence-electron chi connectivity index (χ1n) is 9.38. The Labute approximate surface area is 155 Å². The number of imidazole rings is 1. The number of piperazine rings is 1. The summed E-state index contributed by atoms with van der Waals surface area (Å²) in [5.74, 6) is -0.440. The molecular weight excluding hydrogens is 347 g/mol. The monoisotopic (exact) mass is 368 g/mol. The first-order valence-corrected chi connectivity index (χ1v) is 9.38. The maximum atomic E-state index is 14.1. The molecule has 5 rings (SSSR count). The molecule has 0 bridgehead atoms. The van der Waals surface area contributed by atoms with Gasteiger partial charge in [0.1, 0.15) is 22.7 Å². The van der Waals surface area contributed by atoms with Gasteiger partial charge in [0.2, 0.25) is 5.95 Å². The van der Waals surface area contributed by atoms with E-state index in [-0.39, 0.29) is 17.4 Å². The highest BCUT2D eigenvalue weighted by molar-refractivity contribution is 5.97. The van der Waals surface area contributed by atoms with Crippen molar-refractivity contribution in [1.29, 1.82) is 0 Å². The number of hydrogen-bond donors (Lipinski definition) is 1. The Hall–Kier alpha value is -2.74. The van der Waals surface area contributed by atoms with Crippen LogP contribution in [0.3, 0.4) is 0 Å². The van der Waals surface area contributed by atoms with E-state index in [1.54, 1.807) is 22.7 Å². The van der Waals surface area contributed by atoms with E-state index in [1.807, 2.05) is 4.90 Å². The van der Waals surface area contributed by atoms with E-state index in [1.165, 1.54) is 18.9 Å². The van der Waals surface area contributed by atoms with Gasteiger partial charge < -0.3 is 10.6 Å². The van der Waals surface area contributed by atoms with Crippen LogP contribution in [0.4, 0.5) is 10.3 Å². The second kappa shape index (κ2) is 6.16. The second-order valence-corrected chi connectivity index (χ2v) is 7.36. The Morgan fingerprint density at radius 2 is 2.07 bits per heavy atom. The fraction of sp³-hybridized carbons (Fsp3) is 0.421. The van der Waals surface area contributed by atoms with E-state index in [4.69, 9.17) is 5.73 Å². The number of nitrogen functional groups attached to an aromatic ring is 1. The Morgan fingerprint density at radius 3 is 2.96 bits per heavy atom. The summed E-state index contributed by atoms with van der Waals surface area (Å²) in [5.41, 5.74) is 6.93. The topological polar surface area (TPSA) is 79.8 Å². The number of halogens is 1. The zero-order valence-electron chi connectivity index (χ0n) is 14.9. The number of carbonyl (C=O) groups is 1. The lowest BCUT2D eigenvalue weighted by molar-refractivity contribution is 0.0369. The summed E-state index contributed by atoms with van der Waals surface area (Å²) in [6.45, 7) is 3.46. The molecule has 1 atom stereocenters. The summed E-state index contributed by atoms with van der Waals surface area (Å²) in [6, 6.07) is 5.12. The molecule has 1 aromatic carbocycles. The molecule has 0 spiro atoms. The minimum atomic E-state index is -0.453. The number of piperidine rings is 1. The first-order chi connectivity index (χ1) is 13.1. The quantitative estimate of drug-likeness (QED) is 0.710. The number of hydrogen-bond acceptors (Lipinski definition) is 5. The minimum absolute atomic E-state index is 0.104. The molecular formula is C19H21FN6O. The molecule has 0 saturated carbocycles. The summed E-state index contributed by atoms with van der Waals surface area (Å²) in [5, 5.41) is 0.542. The van der Waals surface area contributed by atoms with Crippen molar-refractivity contribution in [3.8, 4) is 0 Å². The van der Waals surface area contributed by atoms with Crippen molar-refractivity contribution in [2.24, 2.45) is 0 Å². The number of nitrogens with two attached hydrogens (primary N) is 1. The highest BCUT2D eigenvalue weighted by atomic mass is 19.1. The van der Waals surface area contributed by atoms with Crippen LogP contribution in [0.15, 0.2) is 24.4 Å². The third-order valence-electron chi connectivity index (χ3n) is 5.75. The Kier molecular flexibility index (Phi) is 3.75. The number of amides is 1. The van der Waals surface area contributed by atoms with Crippen molar-refractivity contribution in [3.63, 3.8) is 0 Å². The number of carbonyl (C=O) groups excluding carboxylic acids is 1. The Balaban J connectivity index is 1.51. The van der Waals surface area contributed by atoms with Crippen molar-refractivity contribution in [3.05, 3.63) is 35.9 Å². The smallest absolute Gasteiger partial charge is 0.274 e. The van der Waals surface area contributed by atoms with Gasteiger partial charge in [-0.25, -0.2) is 14.4 Å². The zero-order valence-corrected chi connectivity index (χ0v) is 14.9. The number of benzene rings is 1. The van der Waals surface area contributed by atoms with Gasteiger partial charge in [0.25, 0.3) is 5.91 Å². The molecule has 0 unspecified atom stereocenters. The van der Waals surface area contributed by atoms with E-state index in [0.717, 1.165) is 26.1 Å². The van der Waals surface area contributed by atoms with E-state index in [9.17, 15) is 9.18 Å². The van der Waals surface area contributed by atoms with Crippen LogP contribution in [-0.2, 0) is 0 Å². The maximum Gasteiger partial charge on any atom is 0.274 e. The van der Waals surface area contributed by atoms with Crippen LogP contribution in [0.5, 0.6) is 0 Å². The van der Waals surface area contributed by atoms with E-state index in [2.05, 4.69) is 14.9 Å². The van der Waals surface area contributed by atoms with Crippen LogP contribution in [0.2, 0.25) is 0 Å². The first kappa shape index (κ1) is 16.4. The lowest BCUT2D eigenvalue weighted by Crippen LogP contribution is -2.56. The molecule has 2 aliphatic heterocycles. The molecule has 2 saturated heterocycles. The zero-order chi connectivity index (χ0) is 18.5. The van der Waals surface area contributed by atoms with Crippen LogP contribution in [0.25, 0.3) is 16.6 Å². The van der Waals surface area contributed by atoms with E-state index in [0.29, 0.717) is 29.3 Å². The lowest BCUT2D eigenvalue weighted by Gasteiger charge is -2.43. The van der Waals surface area contributed by atoms with Crippen LogP contribution in [0.1, 0.15) is 29.8 Å². The Morgan fingerprint density at radius 1 is 1.19 bits per heavy atom. The van der Waals surface area contributed by atoms with Crippen LogP contribution >= 0.6 is 0 Å². The van der Waals surface area contributed by atoms with Crippen molar-refractivity contribution < 1.29 is 9.18 Å². The number of anilines is 1. The van der Waals surface area contributed by atoms with Crippen molar-refractivity contribution in [2.45, 2.75) is 25.3 Å². The molecule has 4 heterocycles. The van der Waals surface area contributed by atoms with Crippen molar-refractivity contribution in [1.82, 2.24) is 24.2 Å². The number of nitrogens with zero attached hydrogens (tertiary/aromatic N) is 5.